The van der Waals surface area contributed by atoms with Crippen LogP contribution in [0.5, 0.6) is 0 Å². The molecule has 3 rings (SSSR count). The minimum atomic E-state index is -1.04. The SMILES string of the molecule is O=C(OCC(O)CO)c1ccc(/C=C/c2csc3ccccc23)s1. The van der Waals surface area contributed by atoms with Gasteiger partial charge in [-0.1, -0.05) is 24.3 Å². The van der Waals surface area contributed by atoms with E-state index in [1.807, 2.05) is 30.4 Å². The molecule has 0 bridgehead atoms. The van der Waals surface area contributed by atoms with Crippen molar-refractivity contribution in [1.82, 2.24) is 0 Å². The number of fused-ring (bicyclic) bond motifs is 1. The number of ether oxygens (including phenoxy) is 1. The van der Waals surface area contributed by atoms with E-state index in [1.165, 1.54) is 21.4 Å². The first-order valence-corrected chi connectivity index (χ1v) is 9.07. The average molecular weight is 360 g/mol. The summed E-state index contributed by atoms with van der Waals surface area (Å²) in [5.41, 5.74) is 1.15. The van der Waals surface area contributed by atoms with Crippen LogP contribution in [-0.4, -0.2) is 35.5 Å². The van der Waals surface area contributed by atoms with E-state index in [2.05, 4.69) is 17.5 Å². The minimum Gasteiger partial charge on any atom is -0.459 e. The van der Waals surface area contributed by atoms with Crippen molar-refractivity contribution in [1.29, 1.82) is 0 Å². The Kier molecular flexibility index (Phi) is 5.42. The molecule has 0 saturated carbocycles. The van der Waals surface area contributed by atoms with E-state index in [1.54, 1.807) is 17.4 Å². The summed E-state index contributed by atoms with van der Waals surface area (Å²) in [5, 5.41) is 21.2. The van der Waals surface area contributed by atoms with Gasteiger partial charge in [-0.3, -0.25) is 0 Å². The van der Waals surface area contributed by atoms with Gasteiger partial charge >= 0.3 is 5.97 Å². The van der Waals surface area contributed by atoms with Crippen molar-refractivity contribution in [2.24, 2.45) is 0 Å². The molecular formula is C18H16O4S2. The van der Waals surface area contributed by atoms with Crippen LogP contribution in [0.1, 0.15) is 20.1 Å². The molecule has 0 spiro atoms. The molecule has 24 heavy (non-hydrogen) atoms. The van der Waals surface area contributed by atoms with E-state index in [4.69, 9.17) is 9.84 Å². The maximum atomic E-state index is 11.9. The van der Waals surface area contributed by atoms with E-state index in [0.717, 1.165) is 10.4 Å². The van der Waals surface area contributed by atoms with E-state index in [0.29, 0.717) is 4.88 Å². The molecule has 1 atom stereocenters. The van der Waals surface area contributed by atoms with Crippen molar-refractivity contribution in [3.05, 3.63) is 57.1 Å². The second-order valence-electron chi connectivity index (χ2n) is 5.16. The van der Waals surface area contributed by atoms with Crippen molar-refractivity contribution in [2.75, 3.05) is 13.2 Å². The van der Waals surface area contributed by atoms with Gasteiger partial charge in [0.05, 0.1) is 6.61 Å². The first-order chi connectivity index (χ1) is 11.7. The van der Waals surface area contributed by atoms with Crippen LogP contribution < -0.4 is 0 Å². The summed E-state index contributed by atoms with van der Waals surface area (Å²) in [4.78, 5) is 13.3. The summed E-state index contributed by atoms with van der Waals surface area (Å²) in [7, 11) is 0. The zero-order chi connectivity index (χ0) is 16.9. The molecule has 4 nitrogen and oxygen atoms in total. The molecule has 6 heteroatoms. The maximum absolute atomic E-state index is 11.9. The number of hydrogen-bond acceptors (Lipinski definition) is 6. The molecule has 0 amide bonds. The van der Waals surface area contributed by atoms with Crippen LogP contribution in [0.2, 0.25) is 0 Å². The van der Waals surface area contributed by atoms with Gasteiger partial charge < -0.3 is 14.9 Å². The fraction of sp³-hybridized carbons (Fsp3) is 0.167. The molecule has 0 saturated heterocycles. The molecule has 2 heterocycles. The molecule has 3 aromatic rings. The Hall–Kier alpha value is -1.99. The van der Waals surface area contributed by atoms with Crippen molar-refractivity contribution in [3.8, 4) is 0 Å². The van der Waals surface area contributed by atoms with Crippen LogP contribution >= 0.6 is 22.7 Å². The molecule has 0 aliphatic rings. The van der Waals surface area contributed by atoms with Gasteiger partial charge in [0.2, 0.25) is 0 Å². The van der Waals surface area contributed by atoms with Crippen LogP contribution in [0, 0.1) is 0 Å². The van der Waals surface area contributed by atoms with Crippen molar-refractivity contribution < 1.29 is 19.7 Å². The number of carbonyl (C=O) groups excluding carboxylic acids is 1. The molecule has 1 aromatic carbocycles. The quantitative estimate of drug-likeness (QED) is 0.659. The standard InChI is InChI=1S/C18H16O4S2/c19-9-13(20)10-22-18(21)17-8-7-14(24-17)6-5-12-11-23-16-4-2-1-3-15(12)16/h1-8,11,13,19-20H,9-10H2/b6-5+. The lowest BCUT2D eigenvalue weighted by Gasteiger charge is -2.06. The van der Waals surface area contributed by atoms with Gasteiger partial charge in [0.25, 0.3) is 0 Å². The number of carbonyl (C=O) groups is 1. The van der Waals surface area contributed by atoms with E-state index in [-0.39, 0.29) is 6.61 Å². The zero-order valence-corrected chi connectivity index (χ0v) is 14.3. The van der Waals surface area contributed by atoms with Crippen molar-refractivity contribution >= 4 is 50.9 Å². The molecule has 0 aliphatic carbocycles. The number of esters is 1. The van der Waals surface area contributed by atoms with Gasteiger partial charge in [0, 0.05) is 9.58 Å². The summed E-state index contributed by atoms with van der Waals surface area (Å²) < 4.78 is 6.19. The normalized spacial score (nSPS) is 12.8. The van der Waals surface area contributed by atoms with Crippen LogP contribution in [0.15, 0.2) is 41.8 Å². The molecule has 0 aliphatic heterocycles. The second-order valence-corrected chi connectivity index (χ2v) is 7.18. The van der Waals surface area contributed by atoms with Crippen LogP contribution in [0.3, 0.4) is 0 Å². The Balaban J connectivity index is 1.68. The van der Waals surface area contributed by atoms with Crippen LogP contribution in [0.4, 0.5) is 0 Å². The van der Waals surface area contributed by atoms with Gasteiger partial charge in [-0.15, -0.1) is 22.7 Å². The number of benzene rings is 1. The molecule has 1 unspecified atom stereocenters. The van der Waals surface area contributed by atoms with Gasteiger partial charge in [0.15, 0.2) is 0 Å². The zero-order valence-electron chi connectivity index (χ0n) is 12.7. The average Bonchev–Trinajstić information content (AvgIpc) is 3.24. The number of aliphatic hydroxyl groups is 2. The number of rotatable bonds is 6. The third-order valence-corrected chi connectivity index (χ3v) is 5.40. The lowest BCUT2D eigenvalue weighted by molar-refractivity contribution is 0.00971. The lowest BCUT2D eigenvalue weighted by Crippen LogP contribution is -2.21. The van der Waals surface area contributed by atoms with E-state index >= 15 is 0 Å². The number of thiophene rings is 2. The molecule has 124 valence electrons. The van der Waals surface area contributed by atoms with Gasteiger partial charge in [-0.25, -0.2) is 4.79 Å². The highest BCUT2D eigenvalue weighted by Gasteiger charge is 2.12. The van der Waals surface area contributed by atoms with Gasteiger partial charge in [-0.2, -0.15) is 0 Å². The second kappa shape index (κ2) is 7.72. The Morgan fingerprint density at radius 3 is 2.88 bits per heavy atom. The highest BCUT2D eigenvalue weighted by Crippen LogP contribution is 2.28. The topological polar surface area (TPSA) is 66.8 Å². The monoisotopic (exact) mass is 360 g/mol. The summed E-state index contributed by atoms with van der Waals surface area (Å²) in [6.45, 7) is -0.639. The molecule has 0 radical (unpaired) electrons. The molecule has 2 N–H and O–H groups in total. The highest BCUT2D eigenvalue weighted by molar-refractivity contribution is 7.17. The van der Waals surface area contributed by atoms with Gasteiger partial charge in [-0.05, 0) is 40.6 Å². The van der Waals surface area contributed by atoms with E-state index < -0.39 is 18.7 Å². The Morgan fingerprint density at radius 1 is 1.21 bits per heavy atom. The van der Waals surface area contributed by atoms with Gasteiger partial charge in [0.1, 0.15) is 17.6 Å². The third kappa shape index (κ3) is 3.91. The summed E-state index contributed by atoms with van der Waals surface area (Å²) in [5.74, 6) is -0.492. The smallest absolute Gasteiger partial charge is 0.348 e. The summed E-state index contributed by atoms with van der Waals surface area (Å²) in [6.07, 6.45) is 2.97. The van der Waals surface area contributed by atoms with E-state index in [9.17, 15) is 9.90 Å². The fourth-order valence-corrected chi connectivity index (χ4v) is 3.88. The number of hydrogen-bond donors (Lipinski definition) is 2. The fourth-order valence-electron chi connectivity index (χ4n) is 2.15. The van der Waals surface area contributed by atoms with Crippen LogP contribution in [-0.2, 0) is 4.74 Å². The van der Waals surface area contributed by atoms with Crippen molar-refractivity contribution in [3.63, 3.8) is 0 Å². The summed E-state index contributed by atoms with van der Waals surface area (Å²) >= 11 is 3.03. The Labute approximate surface area is 147 Å². The Morgan fingerprint density at radius 2 is 2.04 bits per heavy atom. The third-order valence-electron chi connectivity index (χ3n) is 3.38. The highest BCUT2D eigenvalue weighted by atomic mass is 32.1. The predicted octanol–water partition coefficient (Wildman–Crippen LogP) is 3.64. The summed E-state index contributed by atoms with van der Waals surface area (Å²) in [6, 6.07) is 11.8. The maximum Gasteiger partial charge on any atom is 0.348 e. The molecule has 0 fully saturated rings. The largest absolute Gasteiger partial charge is 0.459 e. The first-order valence-electron chi connectivity index (χ1n) is 7.37. The minimum absolute atomic E-state index is 0.209. The molecular weight excluding hydrogens is 344 g/mol. The Bertz CT molecular complexity index is 863. The lowest BCUT2D eigenvalue weighted by atomic mass is 10.1. The number of aliphatic hydroxyl groups excluding tert-OH is 2. The van der Waals surface area contributed by atoms with Crippen molar-refractivity contribution in [2.45, 2.75) is 6.10 Å². The van der Waals surface area contributed by atoms with Crippen LogP contribution in [0.25, 0.3) is 22.2 Å². The molecule has 2 aromatic heterocycles. The predicted molar refractivity (Wildman–Crippen MR) is 98.4 cm³/mol. The first kappa shape index (κ1) is 16.9.